The van der Waals surface area contributed by atoms with E-state index >= 15 is 0 Å². The molecule has 0 bridgehead atoms. The Balaban J connectivity index is 2.17. The van der Waals surface area contributed by atoms with Gasteiger partial charge in [-0.2, -0.15) is 0 Å². The Morgan fingerprint density at radius 3 is 2.79 bits per heavy atom. The lowest BCUT2D eigenvalue weighted by Gasteiger charge is -2.05. The average Bonchev–Trinajstić information content (AvgIpc) is 2.80. The molecular weight excluding hydrogens is 345 g/mol. The molecule has 0 saturated carbocycles. The molecule has 0 aliphatic carbocycles. The number of aromatic amines is 2. The van der Waals surface area contributed by atoms with Crippen LogP contribution in [0.25, 0.3) is 11.2 Å². The monoisotopic (exact) mass is 364 g/mol. The molecule has 6 N–H and O–H groups in total. The minimum absolute atomic E-state index is 0.0519. The Bertz CT molecular complexity index is 798. The van der Waals surface area contributed by atoms with Gasteiger partial charge in [-0.05, 0) is 4.98 Å². The van der Waals surface area contributed by atoms with Gasteiger partial charge in [-0.1, -0.05) is 0 Å². The van der Waals surface area contributed by atoms with Crippen LogP contribution in [-0.4, -0.2) is 57.6 Å². The van der Waals surface area contributed by atoms with E-state index in [2.05, 4.69) is 15.0 Å². The number of ether oxygens (including phenoxy) is 3. The van der Waals surface area contributed by atoms with E-state index in [9.17, 15) is 9.36 Å². The summed E-state index contributed by atoms with van der Waals surface area (Å²) in [6, 6.07) is 0.112. The summed E-state index contributed by atoms with van der Waals surface area (Å²) >= 11 is 0. The first kappa shape index (κ1) is 18.4. The molecule has 0 atom stereocenters. The Morgan fingerprint density at radius 1 is 1.38 bits per heavy atom. The van der Waals surface area contributed by atoms with Crippen LogP contribution in [-0.2, 0) is 20.6 Å². The SMILES string of the molecule is COCCOc1nc(N)c2[nH]c(=O)n(CCOCP(=O)(O)O)c2[nH+]1. The van der Waals surface area contributed by atoms with E-state index in [-0.39, 0.29) is 31.6 Å². The van der Waals surface area contributed by atoms with Crippen molar-refractivity contribution in [3.8, 4) is 6.01 Å². The van der Waals surface area contributed by atoms with E-state index in [1.807, 2.05) is 0 Å². The van der Waals surface area contributed by atoms with Crippen molar-refractivity contribution in [3.05, 3.63) is 10.5 Å². The van der Waals surface area contributed by atoms with Crippen molar-refractivity contribution in [1.29, 1.82) is 0 Å². The molecule has 24 heavy (non-hydrogen) atoms. The third-order valence-electron chi connectivity index (χ3n) is 2.93. The van der Waals surface area contributed by atoms with Crippen molar-refractivity contribution in [3.63, 3.8) is 0 Å². The molecule has 0 aliphatic rings. The first-order valence-electron chi connectivity index (χ1n) is 6.87. The van der Waals surface area contributed by atoms with Gasteiger partial charge in [-0.15, -0.1) is 0 Å². The zero-order valence-electron chi connectivity index (χ0n) is 12.9. The summed E-state index contributed by atoms with van der Waals surface area (Å²) in [6.07, 6.45) is -0.719. The number of anilines is 1. The lowest BCUT2D eigenvalue weighted by molar-refractivity contribution is -0.373. The molecule has 2 heterocycles. The molecule has 12 nitrogen and oxygen atoms in total. The molecule has 0 aromatic carbocycles. The summed E-state index contributed by atoms with van der Waals surface area (Å²) in [4.78, 5) is 38.8. The minimum atomic E-state index is -4.25. The van der Waals surface area contributed by atoms with Crippen molar-refractivity contribution in [2.45, 2.75) is 6.54 Å². The Kier molecular flexibility index (Phi) is 5.91. The van der Waals surface area contributed by atoms with Crippen LogP contribution >= 0.6 is 7.60 Å². The fourth-order valence-corrected chi connectivity index (χ4v) is 2.29. The van der Waals surface area contributed by atoms with E-state index in [1.165, 1.54) is 11.7 Å². The predicted molar refractivity (Wildman–Crippen MR) is 81.6 cm³/mol. The van der Waals surface area contributed by atoms with Crippen LogP contribution in [0.1, 0.15) is 0 Å². The highest BCUT2D eigenvalue weighted by molar-refractivity contribution is 7.51. The van der Waals surface area contributed by atoms with Crippen molar-refractivity contribution in [1.82, 2.24) is 14.5 Å². The predicted octanol–water partition coefficient (Wildman–Crippen LogP) is -1.70. The number of fused-ring (bicyclic) bond motifs is 1. The standard InChI is InChI=1S/C11H18N5O7P/c1-21-4-5-23-10-14-8(12)7-9(15-10)16(11(17)13-7)2-3-22-6-24(18,19)20/h2-6H2,1H3,(H,13,17)(H2,12,14,15)(H2,18,19,20)/p+1. The summed E-state index contributed by atoms with van der Waals surface area (Å²) in [7, 11) is -2.72. The lowest BCUT2D eigenvalue weighted by atomic mass is 10.5. The molecule has 134 valence electrons. The number of hydrogen-bond acceptors (Lipinski definition) is 7. The Hall–Kier alpha value is -1.98. The lowest BCUT2D eigenvalue weighted by Crippen LogP contribution is -2.24. The van der Waals surface area contributed by atoms with Gasteiger partial charge in [-0.3, -0.25) is 9.55 Å². The molecule has 0 unspecified atom stereocenters. The van der Waals surface area contributed by atoms with Gasteiger partial charge >= 0.3 is 19.3 Å². The van der Waals surface area contributed by atoms with E-state index in [0.717, 1.165) is 0 Å². The first-order chi connectivity index (χ1) is 11.3. The first-order valence-corrected chi connectivity index (χ1v) is 8.67. The fraction of sp³-hybridized carbons (Fsp3) is 0.545. The second-order valence-electron chi connectivity index (χ2n) is 4.78. The summed E-state index contributed by atoms with van der Waals surface area (Å²) in [5.41, 5.74) is 5.96. The van der Waals surface area contributed by atoms with Crippen LogP contribution in [0.15, 0.2) is 4.79 Å². The Morgan fingerprint density at radius 2 is 2.12 bits per heavy atom. The van der Waals surface area contributed by atoms with Gasteiger partial charge in [0, 0.05) is 7.11 Å². The number of nitrogens with two attached hydrogens (primary N) is 1. The zero-order valence-corrected chi connectivity index (χ0v) is 13.8. The van der Waals surface area contributed by atoms with Gasteiger partial charge in [0.1, 0.15) is 13.0 Å². The molecule has 0 radical (unpaired) electrons. The molecule has 0 spiro atoms. The summed E-state index contributed by atoms with van der Waals surface area (Å²) in [6.45, 7) is 0.568. The fourth-order valence-electron chi connectivity index (χ4n) is 1.92. The summed E-state index contributed by atoms with van der Waals surface area (Å²) in [5, 5.41) is 0. The highest BCUT2D eigenvalue weighted by Gasteiger charge is 2.21. The van der Waals surface area contributed by atoms with Gasteiger partial charge in [0.05, 0.1) is 19.8 Å². The molecule has 2 aromatic rings. The van der Waals surface area contributed by atoms with Crippen LogP contribution in [0, 0.1) is 0 Å². The molecular formula is C11H19N5O7P+. The number of nitrogen functional groups attached to an aromatic ring is 1. The van der Waals surface area contributed by atoms with Crippen LogP contribution in [0.3, 0.4) is 0 Å². The highest BCUT2D eigenvalue weighted by atomic mass is 31.2. The maximum Gasteiger partial charge on any atom is 0.433 e. The molecule has 0 aliphatic heterocycles. The van der Waals surface area contributed by atoms with Crippen molar-refractivity contribution in [2.24, 2.45) is 0 Å². The molecule has 0 amide bonds. The van der Waals surface area contributed by atoms with E-state index in [0.29, 0.717) is 17.8 Å². The second kappa shape index (κ2) is 7.73. The number of imidazole rings is 1. The van der Waals surface area contributed by atoms with Gasteiger partial charge in [-0.25, -0.2) is 14.3 Å². The van der Waals surface area contributed by atoms with Gasteiger partial charge in [0.2, 0.25) is 5.82 Å². The van der Waals surface area contributed by atoms with Gasteiger partial charge in [0.25, 0.3) is 5.65 Å². The quantitative estimate of drug-likeness (QED) is 0.298. The number of nitrogens with zero attached hydrogens (tertiary/aromatic N) is 2. The second-order valence-corrected chi connectivity index (χ2v) is 6.36. The number of aromatic nitrogens is 4. The van der Waals surface area contributed by atoms with Crippen LogP contribution in [0.4, 0.5) is 5.82 Å². The zero-order chi connectivity index (χ0) is 17.7. The van der Waals surface area contributed by atoms with Crippen molar-refractivity contribution >= 4 is 24.6 Å². The van der Waals surface area contributed by atoms with Crippen LogP contribution < -0.4 is 21.1 Å². The van der Waals surface area contributed by atoms with E-state index < -0.39 is 19.6 Å². The third kappa shape index (κ3) is 4.76. The molecule has 0 fully saturated rings. The van der Waals surface area contributed by atoms with Crippen molar-refractivity contribution < 1.29 is 33.5 Å². The number of methoxy groups -OCH3 is 1. The smallest absolute Gasteiger partial charge is 0.433 e. The number of rotatable bonds is 9. The largest absolute Gasteiger partial charge is 0.438 e. The van der Waals surface area contributed by atoms with E-state index in [4.69, 9.17) is 29.7 Å². The minimum Gasteiger partial charge on any atom is -0.438 e. The number of nitrogens with one attached hydrogen (secondary N) is 2. The molecule has 13 heteroatoms. The van der Waals surface area contributed by atoms with Crippen molar-refractivity contribution in [2.75, 3.05) is 39.0 Å². The maximum atomic E-state index is 12.0. The van der Waals surface area contributed by atoms with E-state index in [1.54, 1.807) is 0 Å². The summed E-state index contributed by atoms with van der Waals surface area (Å²) in [5.74, 6) is 0.0724. The van der Waals surface area contributed by atoms with Crippen LogP contribution in [0.5, 0.6) is 6.01 Å². The molecule has 2 rings (SSSR count). The highest BCUT2D eigenvalue weighted by Crippen LogP contribution is 2.33. The molecule has 2 aromatic heterocycles. The Labute approximate surface area is 135 Å². The van der Waals surface area contributed by atoms with Gasteiger partial charge < -0.3 is 29.7 Å². The van der Waals surface area contributed by atoms with Crippen LogP contribution in [0.2, 0.25) is 0 Å². The maximum absolute atomic E-state index is 12.0. The topological polar surface area (TPSA) is 176 Å². The third-order valence-corrected chi connectivity index (χ3v) is 3.45. The normalized spacial score (nSPS) is 12.0. The number of H-pyrrole nitrogens is 2. The summed E-state index contributed by atoms with van der Waals surface area (Å²) < 4.78 is 27.1. The molecule has 0 saturated heterocycles. The average molecular weight is 364 g/mol. The number of hydrogen-bond donors (Lipinski definition) is 4. The van der Waals surface area contributed by atoms with Gasteiger partial charge in [0.15, 0.2) is 5.52 Å².